The van der Waals surface area contributed by atoms with E-state index in [4.69, 9.17) is 0 Å². The van der Waals surface area contributed by atoms with Gasteiger partial charge >= 0.3 is 0 Å². The second-order valence-electron chi connectivity index (χ2n) is 5.10. The molecule has 0 aliphatic carbocycles. The molecule has 2 aromatic rings. The highest BCUT2D eigenvalue weighted by atomic mass is 16.3. The molecule has 23 heavy (non-hydrogen) atoms. The van der Waals surface area contributed by atoms with Crippen molar-refractivity contribution in [3.63, 3.8) is 0 Å². The number of phenolic OH excluding ortho intramolecular Hbond substituents is 1. The third kappa shape index (κ3) is 4.71. The SMILES string of the molecule is CC(=O)NC(=Cc1ccccc1C)C(=O)Nc1ccc(O)cc1. The summed E-state index contributed by atoms with van der Waals surface area (Å²) in [6.45, 7) is 3.27. The van der Waals surface area contributed by atoms with E-state index in [1.54, 1.807) is 18.2 Å². The molecular formula is C18H18N2O3. The van der Waals surface area contributed by atoms with Crippen LogP contribution < -0.4 is 10.6 Å². The van der Waals surface area contributed by atoms with Gasteiger partial charge in [-0.2, -0.15) is 0 Å². The molecule has 2 aromatic carbocycles. The Hall–Kier alpha value is -3.08. The molecular weight excluding hydrogens is 292 g/mol. The summed E-state index contributed by atoms with van der Waals surface area (Å²) in [5.41, 5.74) is 2.51. The number of nitrogens with one attached hydrogen (secondary N) is 2. The minimum atomic E-state index is -0.436. The van der Waals surface area contributed by atoms with Gasteiger partial charge in [0.1, 0.15) is 11.4 Å². The number of hydrogen-bond acceptors (Lipinski definition) is 3. The smallest absolute Gasteiger partial charge is 0.272 e. The van der Waals surface area contributed by atoms with Gasteiger partial charge in [0.05, 0.1) is 0 Å². The molecule has 5 nitrogen and oxygen atoms in total. The van der Waals surface area contributed by atoms with Crippen LogP contribution in [0.25, 0.3) is 6.08 Å². The predicted octanol–water partition coefficient (Wildman–Crippen LogP) is 2.82. The van der Waals surface area contributed by atoms with Crippen LogP contribution in [0.5, 0.6) is 5.75 Å². The molecule has 0 atom stereocenters. The molecule has 0 fully saturated rings. The first-order valence-electron chi connectivity index (χ1n) is 7.11. The lowest BCUT2D eigenvalue weighted by molar-refractivity contribution is -0.120. The number of hydrogen-bond donors (Lipinski definition) is 3. The molecule has 2 rings (SSSR count). The quantitative estimate of drug-likeness (QED) is 0.600. The number of rotatable bonds is 4. The highest BCUT2D eigenvalue weighted by Gasteiger charge is 2.12. The molecule has 5 heteroatoms. The lowest BCUT2D eigenvalue weighted by Gasteiger charge is -2.10. The molecule has 0 spiro atoms. The monoisotopic (exact) mass is 310 g/mol. The fourth-order valence-corrected chi connectivity index (χ4v) is 2.00. The molecule has 0 radical (unpaired) electrons. The topological polar surface area (TPSA) is 78.4 Å². The first kappa shape index (κ1) is 16.3. The molecule has 3 N–H and O–H groups in total. The van der Waals surface area contributed by atoms with Crippen LogP contribution in [0.1, 0.15) is 18.1 Å². The zero-order chi connectivity index (χ0) is 16.8. The highest BCUT2D eigenvalue weighted by Crippen LogP contribution is 2.16. The van der Waals surface area contributed by atoms with E-state index >= 15 is 0 Å². The Labute approximate surface area is 134 Å². The van der Waals surface area contributed by atoms with Crippen molar-refractivity contribution in [3.8, 4) is 5.75 Å². The molecule has 0 bridgehead atoms. The third-order valence-electron chi connectivity index (χ3n) is 3.17. The molecule has 118 valence electrons. The van der Waals surface area contributed by atoms with Gasteiger partial charge in [-0.3, -0.25) is 9.59 Å². The summed E-state index contributed by atoms with van der Waals surface area (Å²) in [4.78, 5) is 23.8. The molecule has 0 aromatic heterocycles. The number of aryl methyl sites for hydroxylation is 1. The summed E-state index contributed by atoms with van der Waals surface area (Å²) >= 11 is 0. The van der Waals surface area contributed by atoms with E-state index < -0.39 is 5.91 Å². The first-order chi connectivity index (χ1) is 11.0. The number of aromatic hydroxyl groups is 1. The third-order valence-corrected chi connectivity index (χ3v) is 3.17. The van der Waals surface area contributed by atoms with Crippen LogP contribution in [0.2, 0.25) is 0 Å². The van der Waals surface area contributed by atoms with Gasteiger partial charge in [-0.15, -0.1) is 0 Å². The van der Waals surface area contributed by atoms with E-state index in [1.165, 1.54) is 19.1 Å². The molecule has 0 aliphatic rings. The van der Waals surface area contributed by atoms with Crippen molar-refractivity contribution in [1.82, 2.24) is 5.32 Å². The minimum Gasteiger partial charge on any atom is -0.508 e. The molecule has 0 saturated heterocycles. The van der Waals surface area contributed by atoms with Crippen molar-refractivity contribution in [1.29, 1.82) is 0 Å². The standard InChI is InChI=1S/C18H18N2O3/c1-12-5-3-4-6-14(12)11-17(19-13(2)21)18(23)20-15-7-9-16(22)10-8-15/h3-11,22H,1-2H3,(H,19,21)(H,20,23). The van der Waals surface area contributed by atoms with Crippen molar-refractivity contribution in [2.45, 2.75) is 13.8 Å². The zero-order valence-electron chi connectivity index (χ0n) is 13.0. The Morgan fingerprint density at radius 1 is 1.04 bits per heavy atom. The average molecular weight is 310 g/mol. The predicted molar refractivity (Wildman–Crippen MR) is 89.7 cm³/mol. The van der Waals surface area contributed by atoms with Gasteiger partial charge < -0.3 is 15.7 Å². The van der Waals surface area contributed by atoms with Gasteiger partial charge in [0.2, 0.25) is 5.91 Å². The van der Waals surface area contributed by atoms with E-state index in [0.29, 0.717) is 5.69 Å². The minimum absolute atomic E-state index is 0.112. The summed E-state index contributed by atoms with van der Waals surface area (Å²) in [5, 5.41) is 14.5. The van der Waals surface area contributed by atoms with Gasteiger partial charge in [0, 0.05) is 12.6 Å². The van der Waals surface area contributed by atoms with Crippen LogP contribution in [-0.2, 0) is 9.59 Å². The van der Waals surface area contributed by atoms with Crippen LogP contribution >= 0.6 is 0 Å². The summed E-state index contributed by atoms with van der Waals surface area (Å²) in [7, 11) is 0. The largest absolute Gasteiger partial charge is 0.508 e. The Bertz CT molecular complexity index is 749. The maximum absolute atomic E-state index is 12.4. The summed E-state index contributed by atoms with van der Waals surface area (Å²) in [6, 6.07) is 13.7. The number of amides is 2. The van der Waals surface area contributed by atoms with Gasteiger partial charge in [-0.25, -0.2) is 0 Å². The maximum atomic E-state index is 12.4. The average Bonchev–Trinajstić information content (AvgIpc) is 2.50. The van der Waals surface area contributed by atoms with Crippen molar-refractivity contribution >= 4 is 23.6 Å². The Morgan fingerprint density at radius 3 is 2.30 bits per heavy atom. The van der Waals surface area contributed by atoms with Crippen LogP contribution in [-0.4, -0.2) is 16.9 Å². The molecule has 0 heterocycles. The number of anilines is 1. The molecule has 0 unspecified atom stereocenters. The van der Waals surface area contributed by atoms with E-state index in [-0.39, 0.29) is 17.4 Å². The number of carbonyl (C=O) groups excluding carboxylic acids is 2. The summed E-state index contributed by atoms with van der Waals surface area (Å²) < 4.78 is 0. The first-order valence-corrected chi connectivity index (χ1v) is 7.11. The van der Waals surface area contributed by atoms with E-state index in [9.17, 15) is 14.7 Å². The normalized spacial score (nSPS) is 11.0. The lowest BCUT2D eigenvalue weighted by Crippen LogP contribution is -2.29. The van der Waals surface area contributed by atoms with Crippen LogP contribution in [0.15, 0.2) is 54.2 Å². The van der Waals surface area contributed by atoms with Gasteiger partial charge in [0.15, 0.2) is 0 Å². The molecule has 0 aliphatic heterocycles. The van der Waals surface area contributed by atoms with E-state index in [1.807, 2.05) is 31.2 Å². The Morgan fingerprint density at radius 2 is 1.70 bits per heavy atom. The number of carbonyl (C=O) groups is 2. The zero-order valence-corrected chi connectivity index (χ0v) is 13.0. The Kier molecular flexibility index (Phi) is 5.15. The summed E-state index contributed by atoms with van der Waals surface area (Å²) in [6.07, 6.45) is 1.63. The number of phenols is 1. The fraction of sp³-hybridized carbons (Fsp3) is 0.111. The van der Waals surface area contributed by atoms with Gasteiger partial charge in [-0.1, -0.05) is 24.3 Å². The van der Waals surface area contributed by atoms with Crippen LogP contribution in [0.3, 0.4) is 0 Å². The van der Waals surface area contributed by atoms with Crippen molar-refractivity contribution in [2.24, 2.45) is 0 Å². The second kappa shape index (κ2) is 7.26. The number of benzene rings is 2. The van der Waals surface area contributed by atoms with E-state index in [2.05, 4.69) is 10.6 Å². The maximum Gasteiger partial charge on any atom is 0.272 e. The molecule has 0 saturated carbocycles. The lowest BCUT2D eigenvalue weighted by atomic mass is 10.1. The molecule has 2 amide bonds. The summed E-state index contributed by atoms with van der Waals surface area (Å²) in [5.74, 6) is -0.652. The Balaban J connectivity index is 2.27. The highest BCUT2D eigenvalue weighted by molar-refractivity contribution is 6.08. The van der Waals surface area contributed by atoms with Crippen molar-refractivity contribution in [3.05, 3.63) is 65.4 Å². The van der Waals surface area contributed by atoms with Crippen LogP contribution in [0, 0.1) is 6.92 Å². The van der Waals surface area contributed by atoms with Crippen molar-refractivity contribution < 1.29 is 14.7 Å². The fourth-order valence-electron chi connectivity index (χ4n) is 2.00. The van der Waals surface area contributed by atoms with Gasteiger partial charge in [-0.05, 0) is 48.4 Å². The van der Waals surface area contributed by atoms with Crippen molar-refractivity contribution in [2.75, 3.05) is 5.32 Å². The van der Waals surface area contributed by atoms with Gasteiger partial charge in [0.25, 0.3) is 5.91 Å². The van der Waals surface area contributed by atoms with Crippen LogP contribution in [0.4, 0.5) is 5.69 Å². The second-order valence-corrected chi connectivity index (χ2v) is 5.10. The van der Waals surface area contributed by atoms with E-state index in [0.717, 1.165) is 11.1 Å².